The number of rotatable bonds is 4. The Labute approximate surface area is 125 Å². The van der Waals surface area contributed by atoms with Gasteiger partial charge in [0.25, 0.3) is 5.91 Å². The van der Waals surface area contributed by atoms with Crippen molar-refractivity contribution in [3.63, 3.8) is 0 Å². The predicted octanol–water partition coefficient (Wildman–Crippen LogP) is 1.98. The first kappa shape index (κ1) is 13.5. The number of H-pyrrole nitrogens is 1. The standard InChI is InChI=1S/C14H12ClN5O/c15-12-6-5-11(19-20-12)14(21)16-8-7-13-17-9-3-1-2-4-10(9)18-13/h1-6H,7-8H2,(H,16,21)(H,17,18). The second-order valence-electron chi connectivity index (χ2n) is 4.45. The number of aromatic nitrogens is 4. The number of aromatic amines is 1. The molecule has 0 bridgehead atoms. The number of carbonyl (C=O) groups excluding carboxylic acids is 1. The Morgan fingerprint density at radius 1 is 1.19 bits per heavy atom. The number of hydrogen-bond donors (Lipinski definition) is 2. The average Bonchev–Trinajstić information content (AvgIpc) is 2.90. The second kappa shape index (κ2) is 5.88. The third-order valence-corrected chi connectivity index (χ3v) is 3.15. The zero-order valence-electron chi connectivity index (χ0n) is 11.0. The van der Waals surface area contributed by atoms with Crippen molar-refractivity contribution < 1.29 is 4.79 Å². The molecule has 2 heterocycles. The average molecular weight is 302 g/mol. The summed E-state index contributed by atoms with van der Waals surface area (Å²) in [5, 5.41) is 10.4. The van der Waals surface area contributed by atoms with Crippen molar-refractivity contribution in [2.24, 2.45) is 0 Å². The minimum Gasteiger partial charge on any atom is -0.350 e. The quantitative estimate of drug-likeness (QED) is 0.772. The third kappa shape index (κ3) is 3.17. The molecule has 6 nitrogen and oxygen atoms in total. The Balaban J connectivity index is 1.58. The summed E-state index contributed by atoms with van der Waals surface area (Å²) in [6.07, 6.45) is 0.613. The summed E-state index contributed by atoms with van der Waals surface area (Å²) in [5.74, 6) is 0.550. The number of fused-ring (bicyclic) bond motifs is 1. The fourth-order valence-corrected chi connectivity index (χ4v) is 2.05. The number of benzene rings is 1. The number of nitrogens with one attached hydrogen (secondary N) is 2. The van der Waals surface area contributed by atoms with Crippen LogP contribution in [-0.4, -0.2) is 32.6 Å². The van der Waals surface area contributed by atoms with Gasteiger partial charge in [-0.2, -0.15) is 0 Å². The van der Waals surface area contributed by atoms with E-state index in [0.717, 1.165) is 16.9 Å². The van der Waals surface area contributed by atoms with Gasteiger partial charge in [0.15, 0.2) is 10.8 Å². The molecule has 0 aliphatic carbocycles. The van der Waals surface area contributed by atoms with Crippen molar-refractivity contribution in [1.29, 1.82) is 0 Å². The van der Waals surface area contributed by atoms with Gasteiger partial charge in [-0.25, -0.2) is 4.98 Å². The van der Waals surface area contributed by atoms with Gasteiger partial charge in [0.05, 0.1) is 11.0 Å². The molecule has 0 radical (unpaired) electrons. The molecule has 0 aliphatic rings. The van der Waals surface area contributed by atoms with Crippen LogP contribution in [-0.2, 0) is 6.42 Å². The molecule has 0 saturated heterocycles. The summed E-state index contributed by atoms with van der Waals surface area (Å²) in [7, 11) is 0. The van der Waals surface area contributed by atoms with E-state index in [1.165, 1.54) is 12.1 Å². The van der Waals surface area contributed by atoms with Crippen LogP contribution in [0.3, 0.4) is 0 Å². The molecule has 0 aliphatic heterocycles. The van der Waals surface area contributed by atoms with E-state index in [2.05, 4.69) is 25.5 Å². The summed E-state index contributed by atoms with van der Waals surface area (Å²) < 4.78 is 0. The maximum absolute atomic E-state index is 11.8. The summed E-state index contributed by atoms with van der Waals surface area (Å²) >= 11 is 5.62. The smallest absolute Gasteiger partial charge is 0.271 e. The van der Waals surface area contributed by atoms with E-state index in [1.807, 2.05) is 24.3 Å². The zero-order chi connectivity index (χ0) is 14.7. The van der Waals surface area contributed by atoms with E-state index in [4.69, 9.17) is 11.6 Å². The van der Waals surface area contributed by atoms with Crippen LogP contribution in [0, 0.1) is 0 Å². The first-order chi connectivity index (χ1) is 10.2. The van der Waals surface area contributed by atoms with E-state index in [0.29, 0.717) is 13.0 Å². The molecule has 3 aromatic rings. The first-order valence-electron chi connectivity index (χ1n) is 6.43. The number of hydrogen-bond acceptors (Lipinski definition) is 4. The highest BCUT2D eigenvalue weighted by Crippen LogP contribution is 2.10. The van der Waals surface area contributed by atoms with Crippen LogP contribution >= 0.6 is 11.6 Å². The van der Waals surface area contributed by atoms with Crippen molar-refractivity contribution in [1.82, 2.24) is 25.5 Å². The number of amides is 1. The van der Waals surface area contributed by atoms with Gasteiger partial charge in [-0.05, 0) is 24.3 Å². The molecule has 21 heavy (non-hydrogen) atoms. The lowest BCUT2D eigenvalue weighted by Gasteiger charge is -2.02. The number of carbonyl (C=O) groups is 1. The maximum Gasteiger partial charge on any atom is 0.271 e. The molecule has 0 fully saturated rings. The molecular weight excluding hydrogens is 290 g/mol. The molecule has 1 amide bonds. The van der Waals surface area contributed by atoms with Crippen LogP contribution in [0.4, 0.5) is 0 Å². The Morgan fingerprint density at radius 3 is 2.81 bits per heavy atom. The topological polar surface area (TPSA) is 83.6 Å². The lowest BCUT2D eigenvalue weighted by molar-refractivity contribution is 0.0948. The van der Waals surface area contributed by atoms with E-state index < -0.39 is 0 Å². The highest BCUT2D eigenvalue weighted by molar-refractivity contribution is 6.29. The summed E-state index contributed by atoms with van der Waals surface area (Å²) in [6, 6.07) is 10.9. The van der Waals surface area contributed by atoms with Gasteiger partial charge in [-0.3, -0.25) is 4.79 Å². The van der Waals surface area contributed by atoms with Crippen molar-refractivity contribution in [3.05, 3.63) is 53.1 Å². The lowest BCUT2D eigenvalue weighted by Crippen LogP contribution is -2.27. The molecule has 0 saturated carbocycles. The highest BCUT2D eigenvalue weighted by atomic mass is 35.5. The summed E-state index contributed by atoms with van der Waals surface area (Å²) in [6.45, 7) is 0.461. The maximum atomic E-state index is 11.8. The van der Waals surface area contributed by atoms with Gasteiger partial charge in [-0.15, -0.1) is 10.2 Å². The molecular formula is C14H12ClN5O. The molecule has 2 N–H and O–H groups in total. The van der Waals surface area contributed by atoms with Crippen LogP contribution in [0.1, 0.15) is 16.3 Å². The molecule has 2 aromatic heterocycles. The van der Waals surface area contributed by atoms with Gasteiger partial charge in [-0.1, -0.05) is 23.7 Å². The van der Waals surface area contributed by atoms with Gasteiger partial charge in [0, 0.05) is 13.0 Å². The van der Waals surface area contributed by atoms with E-state index in [-0.39, 0.29) is 16.8 Å². The summed E-state index contributed by atoms with van der Waals surface area (Å²) in [5.41, 5.74) is 2.15. The molecule has 0 spiro atoms. The predicted molar refractivity (Wildman–Crippen MR) is 79.2 cm³/mol. The van der Waals surface area contributed by atoms with Crippen LogP contribution < -0.4 is 5.32 Å². The van der Waals surface area contributed by atoms with Gasteiger partial charge < -0.3 is 10.3 Å². The van der Waals surface area contributed by atoms with Crippen LogP contribution in [0.15, 0.2) is 36.4 Å². The Bertz CT molecular complexity index is 735. The van der Waals surface area contributed by atoms with E-state index in [9.17, 15) is 4.79 Å². The van der Waals surface area contributed by atoms with Gasteiger partial charge >= 0.3 is 0 Å². The van der Waals surface area contributed by atoms with Gasteiger partial charge in [0.2, 0.25) is 0 Å². The van der Waals surface area contributed by atoms with E-state index in [1.54, 1.807) is 0 Å². The first-order valence-corrected chi connectivity index (χ1v) is 6.81. The normalized spacial score (nSPS) is 10.7. The van der Waals surface area contributed by atoms with Crippen LogP contribution in [0.25, 0.3) is 11.0 Å². The zero-order valence-corrected chi connectivity index (χ0v) is 11.8. The molecule has 0 atom stereocenters. The summed E-state index contributed by atoms with van der Waals surface area (Å²) in [4.78, 5) is 19.5. The fourth-order valence-electron chi connectivity index (χ4n) is 1.95. The Morgan fingerprint density at radius 2 is 2.05 bits per heavy atom. The molecule has 106 valence electrons. The van der Waals surface area contributed by atoms with Crippen molar-refractivity contribution in [2.75, 3.05) is 6.54 Å². The fraction of sp³-hybridized carbons (Fsp3) is 0.143. The third-order valence-electron chi connectivity index (χ3n) is 2.95. The number of halogens is 1. The number of para-hydroxylation sites is 2. The lowest BCUT2D eigenvalue weighted by atomic mass is 10.3. The van der Waals surface area contributed by atoms with Crippen LogP contribution in [0.2, 0.25) is 5.15 Å². The SMILES string of the molecule is O=C(NCCc1nc2ccccc2[nH]1)c1ccc(Cl)nn1. The number of nitrogens with zero attached hydrogens (tertiary/aromatic N) is 3. The Kier molecular flexibility index (Phi) is 3.79. The van der Waals surface area contributed by atoms with Crippen molar-refractivity contribution >= 4 is 28.5 Å². The second-order valence-corrected chi connectivity index (χ2v) is 4.84. The largest absolute Gasteiger partial charge is 0.350 e. The monoisotopic (exact) mass is 301 g/mol. The van der Waals surface area contributed by atoms with Gasteiger partial charge in [0.1, 0.15) is 5.82 Å². The minimum absolute atomic E-state index is 0.240. The highest BCUT2D eigenvalue weighted by Gasteiger charge is 2.08. The molecule has 7 heteroatoms. The number of imidazole rings is 1. The van der Waals surface area contributed by atoms with E-state index >= 15 is 0 Å². The van der Waals surface area contributed by atoms with Crippen molar-refractivity contribution in [2.45, 2.75) is 6.42 Å². The molecule has 1 aromatic carbocycles. The molecule has 3 rings (SSSR count). The Hall–Kier alpha value is -2.47. The minimum atomic E-state index is -0.282. The molecule has 0 unspecified atom stereocenters. The van der Waals surface area contributed by atoms with Crippen molar-refractivity contribution in [3.8, 4) is 0 Å². The van der Waals surface area contributed by atoms with Crippen LogP contribution in [0.5, 0.6) is 0 Å².